The largest absolute Gasteiger partial charge is 0.481 e. The Morgan fingerprint density at radius 2 is 2.11 bits per heavy atom. The molecule has 0 aliphatic rings. The van der Waals surface area contributed by atoms with E-state index in [1.54, 1.807) is 24.3 Å². The molecule has 1 unspecified atom stereocenters. The Bertz CT molecular complexity index is 506. The normalized spacial score (nSPS) is 11.4. The van der Waals surface area contributed by atoms with Crippen LogP contribution in [0.15, 0.2) is 24.3 Å². The lowest BCUT2D eigenvalue weighted by atomic mass is 9.99. The molecule has 2 N–H and O–H groups in total. The van der Waals surface area contributed by atoms with Gasteiger partial charge in [0.2, 0.25) is 5.91 Å². The Balaban J connectivity index is 2.69. The van der Waals surface area contributed by atoms with E-state index in [1.165, 1.54) is 0 Å². The minimum atomic E-state index is -0.967. The van der Waals surface area contributed by atoms with E-state index >= 15 is 0 Å². The van der Waals surface area contributed by atoms with Crippen LogP contribution < -0.4 is 5.32 Å². The third-order valence-electron chi connectivity index (χ3n) is 2.74. The van der Waals surface area contributed by atoms with Gasteiger partial charge in [-0.3, -0.25) is 9.59 Å². The first-order chi connectivity index (χ1) is 9.08. The second-order valence-electron chi connectivity index (χ2n) is 4.23. The number of hydrogen-bond acceptors (Lipinski definition) is 3. The molecule has 0 heterocycles. The summed E-state index contributed by atoms with van der Waals surface area (Å²) < 4.78 is 0. The molecule has 1 atom stereocenters. The molecule has 0 spiro atoms. The third kappa shape index (κ3) is 4.43. The van der Waals surface area contributed by atoms with Crippen LogP contribution in [-0.2, 0) is 9.59 Å². The summed E-state index contributed by atoms with van der Waals surface area (Å²) in [6, 6.07) is 8.59. The molecule has 0 aliphatic carbocycles. The molecular weight excluding hydrogens is 244 g/mol. The maximum Gasteiger partial charge on any atom is 0.307 e. The van der Waals surface area contributed by atoms with Gasteiger partial charge in [-0.1, -0.05) is 25.5 Å². The second kappa shape index (κ2) is 7.17. The van der Waals surface area contributed by atoms with Crippen LogP contribution in [0.2, 0.25) is 0 Å². The van der Waals surface area contributed by atoms with Gasteiger partial charge in [-0.2, -0.15) is 5.26 Å². The Kier molecular flexibility index (Phi) is 5.55. The van der Waals surface area contributed by atoms with Crippen LogP contribution in [0.1, 0.15) is 31.7 Å². The number of nitriles is 1. The number of carboxylic acid groups (broad SMARTS) is 1. The Labute approximate surface area is 111 Å². The number of carboxylic acids is 1. The summed E-state index contributed by atoms with van der Waals surface area (Å²) >= 11 is 0. The van der Waals surface area contributed by atoms with Crippen molar-refractivity contribution >= 4 is 17.6 Å². The number of aliphatic carboxylic acids is 1. The van der Waals surface area contributed by atoms with E-state index in [1.807, 2.05) is 13.0 Å². The van der Waals surface area contributed by atoms with Crippen molar-refractivity contribution in [1.82, 2.24) is 0 Å². The number of anilines is 1. The standard InChI is InChI=1S/C14H16N2O3/c1-2-5-10(14(18)19)8-13(17)16-12-7-4-3-6-11(12)9-15/h3-4,6-7,10H,2,5,8H2,1H3,(H,16,17)(H,18,19). The summed E-state index contributed by atoms with van der Waals surface area (Å²) in [5.41, 5.74) is 0.772. The molecule has 100 valence electrons. The average molecular weight is 260 g/mol. The molecule has 1 rings (SSSR count). The van der Waals surface area contributed by atoms with Crippen molar-refractivity contribution in [2.24, 2.45) is 5.92 Å². The first-order valence-corrected chi connectivity index (χ1v) is 6.10. The van der Waals surface area contributed by atoms with Gasteiger partial charge in [0.25, 0.3) is 0 Å². The van der Waals surface area contributed by atoms with E-state index < -0.39 is 11.9 Å². The highest BCUT2D eigenvalue weighted by atomic mass is 16.4. The predicted molar refractivity (Wildman–Crippen MR) is 70.4 cm³/mol. The number of carbonyl (C=O) groups excluding carboxylic acids is 1. The number of carbonyl (C=O) groups is 2. The van der Waals surface area contributed by atoms with Crippen LogP contribution in [0.4, 0.5) is 5.69 Å². The molecule has 0 saturated heterocycles. The molecule has 0 aliphatic heterocycles. The Morgan fingerprint density at radius 3 is 2.68 bits per heavy atom. The maximum absolute atomic E-state index is 11.8. The van der Waals surface area contributed by atoms with E-state index in [9.17, 15) is 9.59 Å². The van der Waals surface area contributed by atoms with Crippen molar-refractivity contribution in [3.05, 3.63) is 29.8 Å². The molecular formula is C14H16N2O3. The SMILES string of the molecule is CCCC(CC(=O)Nc1ccccc1C#N)C(=O)O. The van der Waals surface area contributed by atoms with Crippen LogP contribution in [0.5, 0.6) is 0 Å². The number of hydrogen-bond donors (Lipinski definition) is 2. The van der Waals surface area contributed by atoms with Gasteiger partial charge in [0, 0.05) is 6.42 Å². The van der Waals surface area contributed by atoms with E-state index in [-0.39, 0.29) is 12.3 Å². The molecule has 19 heavy (non-hydrogen) atoms. The zero-order valence-corrected chi connectivity index (χ0v) is 10.7. The maximum atomic E-state index is 11.8. The van der Waals surface area contributed by atoms with Gasteiger partial charge < -0.3 is 10.4 Å². The molecule has 1 amide bonds. The van der Waals surface area contributed by atoms with Gasteiger partial charge in [0.05, 0.1) is 17.2 Å². The predicted octanol–water partition coefficient (Wildman–Crippen LogP) is 2.39. The summed E-state index contributed by atoms with van der Waals surface area (Å²) in [5, 5.41) is 20.5. The quantitative estimate of drug-likeness (QED) is 0.821. The summed E-state index contributed by atoms with van der Waals surface area (Å²) in [5.74, 6) is -2.03. The lowest BCUT2D eigenvalue weighted by Gasteiger charge is -2.11. The minimum Gasteiger partial charge on any atom is -0.481 e. The van der Waals surface area contributed by atoms with Crippen molar-refractivity contribution in [1.29, 1.82) is 5.26 Å². The van der Waals surface area contributed by atoms with Crippen LogP contribution in [0.25, 0.3) is 0 Å². The van der Waals surface area contributed by atoms with E-state index in [0.29, 0.717) is 24.1 Å². The second-order valence-corrected chi connectivity index (χ2v) is 4.23. The molecule has 0 aromatic heterocycles. The van der Waals surface area contributed by atoms with E-state index in [0.717, 1.165) is 0 Å². The van der Waals surface area contributed by atoms with E-state index in [4.69, 9.17) is 10.4 Å². The van der Waals surface area contributed by atoms with Crippen LogP contribution >= 0.6 is 0 Å². The fraction of sp³-hybridized carbons (Fsp3) is 0.357. The molecule has 0 fully saturated rings. The van der Waals surface area contributed by atoms with Crippen LogP contribution in [0, 0.1) is 17.2 Å². The van der Waals surface area contributed by atoms with Gasteiger partial charge >= 0.3 is 5.97 Å². The first kappa shape index (κ1) is 14.7. The average Bonchev–Trinajstić information content (AvgIpc) is 2.38. The lowest BCUT2D eigenvalue weighted by molar-refractivity contribution is -0.143. The smallest absolute Gasteiger partial charge is 0.307 e. The van der Waals surface area contributed by atoms with Crippen LogP contribution in [-0.4, -0.2) is 17.0 Å². The number of para-hydroxylation sites is 1. The molecule has 5 heteroatoms. The van der Waals surface area contributed by atoms with Gasteiger partial charge in [0.15, 0.2) is 0 Å². The summed E-state index contributed by atoms with van der Waals surface area (Å²) in [6.45, 7) is 1.87. The van der Waals surface area contributed by atoms with Crippen molar-refractivity contribution in [2.75, 3.05) is 5.32 Å². The van der Waals surface area contributed by atoms with Crippen molar-refractivity contribution in [3.8, 4) is 6.07 Å². The fourth-order valence-electron chi connectivity index (χ4n) is 1.78. The number of benzene rings is 1. The summed E-state index contributed by atoms with van der Waals surface area (Å²) in [7, 11) is 0. The van der Waals surface area contributed by atoms with Gasteiger partial charge in [-0.25, -0.2) is 0 Å². The highest BCUT2D eigenvalue weighted by Crippen LogP contribution is 2.16. The van der Waals surface area contributed by atoms with Crippen LogP contribution in [0.3, 0.4) is 0 Å². The molecule has 0 saturated carbocycles. The minimum absolute atomic E-state index is 0.0804. The summed E-state index contributed by atoms with van der Waals surface area (Å²) in [4.78, 5) is 22.8. The Morgan fingerprint density at radius 1 is 1.42 bits per heavy atom. The van der Waals surface area contributed by atoms with Crippen molar-refractivity contribution in [3.63, 3.8) is 0 Å². The highest BCUT2D eigenvalue weighted by Gasteiger charge is 2.20. The van der Waals surface area contributed by atoms with Gasteiger partial charge in [0.1, 0.15) is 6.07 Å². The lowest BCUT2D eigenvalue weighted by Crippen LogP contribution is -2.22. The Hall–Kier alpha value is -2.35. The monoisotopic (exact) mass is 260 g/mol. The molecule has 5 nitrogen and oxygen atoms in total. The zero-order valence-electron chi connectivity index (χ0n) is 10.7. The molecule has 1 aromatic rings. The molecule has 0 radical (unpaired) electrons. The van der Waals surface area contributed by atoms with Crippen molar-refractivity contribution in [2.45, 2.75) is 26.2 Å². The molecule has 0 bridgehead atoms. The van der Waals surface area contributed by atoms with Crippen molar-refractivity contribution < 1.29 is 14.7 Å². The topological polar surface area (TPSA) is 90.2 Å². The number of nitrogens with one attached hydrogen (secondary N) is 1. The fourth-order valence-corrected chi connectivity index (χ4v) is 1.78. The van der Waals surface area contributed by atoms with Gasteiger partial charge in [-0.15, -0.1) is 0 Å². The zero-order chi connectivity index (χ0) is 14.3. The number of nitrogens with zero attached hydrogens (tertiary/aromatic N) is 1. The summed E-state index contributed by atoms with van der Waals surface area (Å²) in [6.07, 6.45) is 1.09. The van der Waals surface area contributed by atoms with Gasteiger partial charge in [-0.05, 0) is 18.6 Å². The third-order valence-corrected chi connectivity index (χ3v) is 2.74. The van der Waals surface area contributed by atoms with E-state index in [2.05, 4.69) is 5.32 Å². The number of rotatable bonds is 6. The first-order valence-electron chi connectivity index (χ1n) is 6.10. The molecule has 1 aromatic carbocycles. The number of amides is 1. The highest BCUT2D eigenvalue weighted by molar-refractivity contribution is 5.94.